The van der Waals surface area contributed by atoms with E-state index in [2.05, 4.69) is 34.3 Å². The Balaban J connectivity index is 1.28. The molecule has 4 N–H and O–H groups in total. The van der Waals surface area contributed by atoms with E-state index in [1.165, 1.54) is 11.6 Å². The monoisotopic (exact) mass is 500 g/mol. The number of nitrogen functional groups attached to an aromatic ring is 1. The van der Waals surface area contributed by atoms with E-state index in [0.717, 1.165) is 44.2 Å². The molecule has 0 radical (unpaired) electrons. The highest BCUT2D eigenvalue weighted by Gasteiger charge is 2.25. The van der Waals surface area contributed by atoms with Gasteiger partial charge in [0.2, 0.25) is 0 Å². The van der Waals surface area contributed by atoms with Crippen LogP contribution in [-0.2, 0) is 13.0 Å². The van der Waals surface area contributed by atoms with Gasteiger partial charge in [-0.15, -0.1) is 0 Å². The van der Waals surface area contributed by atoms with Crippen LogP contribution in [0.25, 0.3) is 0 Å². The number of nitrogens with two attached hydrogens (primary N) is 1. The van der Waals surface area contributed by atoms with E-state index >= 15 is 0 Å². The van der Waals surface area contributed by atoms with Crippen molar-refractivity contribution in [2.45, 2.75) is 18.2 Å². The second-order valence-corrected chi connectivity index (χ2v) is 10.5. The Hall–Kier alpha value is -2.66. The number of anilines is 1. The molecule has 0 spiro atoms. The Labute approximate surface area is 210 Å². The van der Waals surface area contributed by atoms with Gasteiger partial charge in [0, 0.05) is 68.1 Å². The standard InChI is InChI=1S/C25H33FN6O2S/c1-30-8-10-31(11-9-30)16-18-2-6-21(7-3-18)28-25(34)32-12-13-35-22(17-32)14-19-4-5-20(15-23(19)26)24(33)29-27/h2-7,15,22H,8-14,16-17,27H2,1H3,(H,28,34)(H,29,33). The molecule has 2 fully saturated rings. The van der Waals surface area contributed by atoms with Gasteiger partial charge in [0.15, 0.2) is 0 Å². The second kappa shape index (κ2) is 11.9. The number of hydrazine groups is 1. The summed E-state index contributed by atoms with van der Waals surface area (Å²) in [5, 5.41) is 3.07. The van der Waals surface area contributed by atoms with Gasteiger partial charge in [-0.25, -0.2) is 15.0 Å². The molecule has 0 saturated carbocycles. The summed E-state index contributed by atoms with van der Waals surface area (Å²) < 4.78 is 14.5. The van der Waals surface area contributed by atoms with Crippen molar-refractivity contribution in [3.8, 4) is 0 Å². The number of hydrogen-bond acceptors (Lipinski definition) is 6. The summed E-state index contributed by atoms with van der Waals surface area (Å²) in [5.41, 5.74) is 4.71. The molecule has 0 aliphatic carbocycles. The summed E-state index contributed by atoms with van der Waals surface area (Å²) in [6, 6.07) is 12.3. The number of hydrogen-bond donors (Lipinski definition) is 3. The zero-order valence-corrected chi connectivity index (χ0v) is 20.8. The number of carbonyl (C=O) groups excluding carboxylic acids is 2. The van der Waals surface area contributed by atoms with Gasteiger partial charge >= 0.3 is 6.03 Å². The molecule has 2 aromatic carbocycles. The van der Waals surface area contributed by atoms with Gasteiger partial charge in [0.05, 0.1) is 0 Å². The molecule has 1 atom stereocenters. The Morgan fingerprint density at radius 2 is 1.83 bits per heavy atom. The lowest BCUT2D eigenvalue weighted by Gasteiger charge is -2.33. The average Bonchev–Trinajstić information content (AvgIpc) is 2.87. The first-order valence-electron chi connectivity index (χ1n) is 11.9. The molecule has 2 saturated heterocycles. The number of urea groups is 1. The minimum atomic E-state index is -0.530. The lowest BCUT2D eigenvalue weighted by molar-refractivity contribution is 0.0953. The highest BCUT2D eigenvalue weighted by molar-refractivity contribution is 8.00. The molecule has 10 heteroatoms. The minimum Gasteiger partial charge on any atom is -0.323 e. The lowest BCUT2D eigenvalue weighted by atomic mass is 10.1. The molecule has 8 nitrogen and oxygen atoms in total. The van der Waals surface area contributed by atoms with E-state index in [4.69, 9.17) is 5.84 Å². The zero-order valence-electron chi connectivity index (χ0n) is 20.0. The number of carbonyl (C=O) groups is 2. The number of thioether (sulfide) groups is 1. The van der Waals surface area contributed by atoms with Crippen molar-refractivity contribution >= 4 is 29.4 Å². The third kappa shape index (κ3) is 6.94. The summed E-state index contributed by atoms with van der Waals surface area (Å²) in [4.78, 5) is 31.0. The van der Waals surface area contributed by atoms with Gasteiger partial charge in [-0.1, -0.05) is 18.2 Å². The fourth-order valence-corrected chi connectivity index (χ4v) is 5.61. The smallest absolute Gasteiger partial charge is 0.321 e. The van der Waals surface area contributed by atoms with Crippen LogP contribution in [0.1, 0.15) is 21.5 Å². The summed E-state index contributed by atoms with van der Waals surface area (Å²) >= 11 is 1.73. The summed E-state index contributed by atoms with van der Waals surface area (Å²) in [5.74, 6) is 4.94. The molecular formula is C25H33FN6O2S. The molecule has 2 aliphatic heterocycles. The van der Waals surface area contributed by atoms with E-state index < -0.39 is 11.7 Å². The molecule has 2 aromatic rings. The molecular weight excluding hydrogens is 467 g/mol. The average molecular weight is 501 g/mol. The number of halogens is 1. The van der Waals surface area contributed by atoms with Crippen LogP contribution in [0.4, 0.5) is 14.9 Å². The molecule has 188 valence electrons. The van der Waals surface area contributed by atoms with Crippen molar-refractivity contribution in [3.63, 3.8) is 0 Å². The van der Waals surface area contributed by atoms with Gasteiger partial charge in [-0.05, 0) is 48.9 Å². The van der Waals surface area contributed by atoms with Crippen molar-refractivity contribution in [2.24, 2.45) is 5.84 Å². The van der Waals surface area contributed by atoms with Crippen molar-refractivity contribution in [3.05, 3.63) is 65.0 Å². The van der Waals surface area contributed by atoms with Gasteiger partial charge in [-0.3, -0.25) is 15.1 Å². The number of likely N-dealkylation sites (N-methyl/N-ethyl adjacent to an activating group) is 1. The normalized spacial score (nSPS) is 19.4. The Bertz CT molecular complexity index is 1030. The third-order valence-electron chi connectivity index (χ3n) is 6.53. The van der Waals surface area contributed by atoms with E-state index in [9.17, 15) is 14.0 Å². The molecule has 1 unspecified atom stereocenters. The molecule has 2 heterocycles. The maximum absolute atomic E-state index is 14.5. The molecule has 0 aromatic heterocycles. The highest BCUT2D eigenvalue weighted by Crippen LogP contribution is 2.25. The quantitative estimate of drug-likeness (QED) is 0.320. The van der Waals surface area contributed by atoms with Gasteiger partial charge < -0.3 is 15.1 Å². The first-order chi connectivity index (χ1) is 16.9. The van der Waals surface area contributed by atoms with Crippen LogP contribution in [0.3, 0.4) is 0 Å². The molecule has 4 rings (SSSR count). The first kappa shape index (κ1) is 25.4. The fourth-order valence-electron chi connectivity index (χ4n) is 4.37. The van der Waals surface area contributed by atoms with E-state index in [-0.39, 0.29) is 16.8 Å². The van der Waals surface area contributed by atoms with Crippen molar-refractivity contribution in [1.82, 2.24) is 20.1 Å². The number of nitrogens with one attached hydrogen (secondary N) is 2. The Morgan fingerprint density at radius 3 is 2.51 bits per heavy atom. The second-order valence-electron chi connectivity index (χ2n) is 9.13. The van der Waals surface area contributed by atoms with Crippen LogP contribution in [0, 0.1) is 5.82 Å². The predicted octanol–water partition coefficient (Wildman–Crippen LogP) is 2.37. The van der Waals surface area contributed by atoms with Gasteiger partial charge in [-0.2, -0.15) is 11.8 Å². The van der Waals surface area contributed by atoms with Crippen molar-refractivity contribution in [2.75, 3.05) is 57.4 Å². The van der Waals surface area contributed by atoms with Crippen molar-refractivity contribution in [1.29, 1.82) is 0 Å². The van der Waals surface area contributed by atoms with Crippen LogP contribution in [0.15, 0.2) is 42.5 Å². The summed E-state index contributed by atoms with van der Waals surface area (Å²) in [6.45, 7) is 6.41. The van der Waals surface area contributed by atoms with E-state index in [1.807, 2.05) is 17.6 Å². The maximum atomic E-state index is 14.5. The maximum Gasteiger partial charge on any atom is 0.321 e. The predicted molar refractivity (Wildman–Crippen MR) is 138 cm³/mol. The largest absolute Gasteiger partial charge is 0.323 e. The van der Waals surface area contributed by atoms with E-state index in [1.54, 1.807) is 28.8 Å². The van der Waals surface area contributed by atoms with Crippen LogP contribution in [0.5, 0.6) is 0 Å². The SMILES string of the molecule is CN1CCN(Cc2ccc(NC(=O)N3CCSC(Cc4ccc(C(=O)NN)cc4F)C3)cc2)CC1. The molecule has 2 aliphatic rings. The fraction of sp³-hybridized carbons (Fsp3) is 0.440. The van der Waals surface area contributed by atoms with Crippen LogP contribution < -0.4 is 16.6 Å². The Morgan fingerprint density at radius 1 is 1.09 bits per heavy atom. The molecule has 0 bridgehead atoms. The highest BCUT2D eigenvalue weighted by atomic mass is 32.2. The number of piperazine rings is 1. The van der Waals surface area contributed by atoms with Crippen LogP contribution in [0.2, 0.25) is 0 Å². The molecule has 3 amide bonds. The summed E-state index contributed by atoms with van der Waals surface area (Å²) in [7, 11) is 2.15. The van der Waals surface area contributed by atoms with E-state index in [0.29, 0.717) is 25.1 Å². The van der Waals surface area contributed by atoms with Gasteiger partial charge in [0.1, 0.15) is 5.82 Å². The number of amides is 3. The van der Waals surface area contributed by atoms with Gasteiger partial charge in [0.25, 0.3) is 5.91 Å². The molecule has 35 heavy (non-hydrogen) atoms. The Kier molecular flexibility index (Phi) is 8.61. The summed E-state index contributed by atoms with van der Waals surface area (Å²) in [6.07, 6.45) is 0.478. The minimum absolute atomic E-state index is 0.0733. The number of rotatable bonds is 6. The van der Waals surface area contributed by atoms with Crippen LogP contribution in [-0.4, -0.2) is 84.0 Å². The number of benzene rings is 2. The lowest BCUT2D eigenvalue weighted by Crippen LogP contribution is -2.44. The van der Waals surface area contributed by atoms with Crippen molar-refractivity contribution < 1.29 is 14.0 Å². The number of nitrogens with zero attached hydrogens (tertiary/aromatic N) is 3. The topological polar surface area (TPSA) is 93.9 Å². The first-order valence-corrected chi connectivity index (χ1v) is 12.9. The zero-order chi connectivity index (χ0) is 24.8. The van der Waals surface area contributed by atoms with Crippen LogP contribution >= 0.6 is 11.8 Å². The third-order valence-corrected chi connectivity index (χ3v) is 7.73.